The van der Waals surface area contributed by atoms with Crippen LogP contribution in [0, 0.1) is 0 Å². The van der Waals surface area contributed by atoms with Crippen LogP contribution in [0.4, 0.5) is 0 Å². The fraction of sp³-hybridized carbons (Fsp3) is 0.909. The van der Waals surface area contributed by atoms with Gasteiger partial charge in [-0.25, -0.2) is 0 Å². The summed E-state index contributed by atoms with van der Waals surface area (Å²) >= 11 is 0. The van der Waals surface area contributed by atoms with E-state index in [0.717, 1.165) is 19.4 Å². The third-order valence-corrected chi connectivity index (χ3v) is 3.02. The van der Waals surface area contributed by atoms with E-state index in [1.807, 2.05) is 6.92 Å². The Bertz CT molecular complexity index is 211. The first kappa shape index (κ1) is 12.5. The molecule has 88 valence electrons. The van der Waals surface area contributed by atoms with Crippen LogP contribution in [0.25, 0.3) is 0 Å². The average Bonchev–Trinajstić information content (AvgIpc) is 2.68. The standard InChI is InChI=1S/C11H22N2O2/c1-3-11(2,15)8-13-10(14)7-9-5-4-6-12-9/h9,12,15H,3-8H2,1-2H3,(H,13,14). The third-order valence-electron chi connectivity index (χ3n) is 3.02. The Hall–Kier alpha value is -0.610. The molecule has 1 aliphatic heterocycles. The van der Waals surface area contributed by atoms with Crippen LogP contribution in [0.15, 0.2) is 0 Å². The minimum atomic E-state index is -0.779. The van der Waals surface area contributed by atoms with Gasteiger partial charge < -0.3 is 15.7 Å². The molecule has 0 aliphatic carbocycles. The van der Waals surface area contributed by atoms with Crippen LogP contribution in [0.2, 0.25) is 0 Å². The Morgan fingerprint density at radius 3 is 2.93 bits per heavy atom. The van der Waals surface area contributed by atoms with Crippen LogP contribution in [0.1, 0.15) is 39.5 Å². The van der Waals surface area contributed by atoms with Crippen molar-refractivity contribution in [1.29, 1.82) is 0 Å². The molecule has 1 saturated heterocycles. The Morgan fingerprint density at radius 1 is 1.67 bits per heavy atom. The zero-order valence-electron chi connectivity index (χ0n) is 9.68. The number of amides is 1. The molecule has 4 heteroatoms. The normalized spacial score (nSPS) is 24.9. The van der Waals surface area contributed by atoms with Crippen LogP contribution in [-0.4, -0.2) is 35.7 Å². The van der Waals surface area contributed by atoms with E-state index in [0.29, 0.717) is 25.4 Å². The quantitative estimate of drug-likeness (QED) is 0.621. The lowest BCUT2D eigenvalue weighted by atomic mass is 10.0. The van der Waals surface area contributed by atoms with Crippen LogP contribution in [0.3, 0.4) is 0 Å². The SMILES string of the molecule is CCC(C)(O)CNC(=O)CC1CCCN1. The summed E-state index contributed by atoms with van der Waals surface area (Å²) in [6, 6.07) is 0.330. The van der Waals surface area contributed by atoms with Gasteiger partial charge in [-0.1, -0.05) is 6.92 Å². The van der Waals surface area contributed by atoms with E-state index in [4.69, 9.17) is 0 Å². The maximum atomic E-state index is 11.5. The van der Waals surface area contributed by atoms with Gasteiger partial charge in [0.05, 0.1) is 5.60 Å². The summed E-state index contributed by atoms with van der Waals surface area (Å²) in [4.78, 5) is 11.5. The van der Waals surface area contributed by atoms with Gasteiger partial charge in [0, 0.05) is 19.0 Å². The molecule has 0 spiro atoms. The number of carbonyl (C=O) groups excluding carboxylic acids is 1. The highest BCUT2D eigenvalue weighted by molar-refractivity contribution is 5.76. The lowest BCUT2D eigenvalue weighted by molar-refractivity contribution is -0.122. The summed E-state index contributed by atoms with van der Waals surface area (Å²) in [6.45, 7) is 5.01. The van der Waals surface area contributed by atoms with Crippen LogP contribution < -0.4 is 10.6 Å². The molecule has 4 nitrogen and oxygen atoms in total. The molecule has 0 aromatic heterocycles. The summed E-state index contributed by atoms with van der Waals surface area (Å²) in [5.74, 6) is 0.0307. The van der Waals surface area contributed by atoms with Crippen molar-refractivity contribution < 1.29 is 9.90 Å². The number of nitrogens with one attached hydrogen (secondary N) is 2. The van der Waals surface area contributed by atoms with Gasteiger partial charge in [-0.15, -0.1) is 0 Å². The first-order valence-electron chi connectivity index (χ1n) is 5.76. The summed E-state index contributed by atoms with van der Waals surface area (Å²) in [6.07, 6.45) is 3.41. The average molecular weight is 214 g/mol. The van der Waals surface area contributed by atoms with Crippen LogP contribution in [0.5, 0.6) is 0 Å². The lowest BCUT2D eigenvalue weighted by Crippen LogP contribution is -2.41. The van der Waals surface area contributed by atoms with Crippen LogP contribution in [-0.2, 0) is 4.79 Å². The maximum Gasteiger partial charge on any atom is 0.221 e. The minimum Gasteiger partial charge on any atom is -0.388 e. The molecule has 0 aromatic carbocycles. The first-order chi connectivity index (χ1) is 7.03. The number of hydrogen-bond acceptors (Lipinski definition) is 3. The molecule has 0 bridgehead atoms. The van der Waals surface area contributed by atoms with Crippen molar-refractivity contribution in [3.63, 3.8) is 0 Å². The maximum absolute atomic E-state index is 11.5. The Morgan fingerprint density at radius 2 is 2.40 bits per heavy atom. The Balaban J connectivity index is 2.18. The molecule has 1 aliphatic rings. The van der Waals surface area contributed by atoms with Crippen LogP contribution >= 0.6 is 0 Å². The number of aliphatic hydroxyl groups is 1. The van der Waals surface area contributed by atoms with Gasteiger partial charge in [0.2, 0.25) is 5.91 Å². The molecule has 15 heavy (non-hydrogen) atoms. The van der Waals surface area contributed by atoms with Gasteiger partial charge in [0.1, 0.15) is 0 Å². The molecule has 3 N–H and O–H groups in total. The second kappa shape index (κ2) is 5.47. The van der Waals surface area contributed by atoms with E-state index in [1.165, 1.54) is 0 Å². The van der Waals surface area contributed by atoms with E-state index in [9.17, 15) is 9.90 Å². The molecular formula is C11H22N2O2. The topological polar surface area (TPSA) is 61.4 Å². The monoisotopic (exact) mass is 214 g/mol. The van der Waals surface area contributed by atoms with Crippen molar-refractivity contribution in [1.82, 2.24) is 10.6 Å². The molecule has 1 amide bonds. The number of rotatable bonds is 5. The first-order valence-corrected chi connectivity index (χ1v) is 5.76. The van der Waals surface area contributed by atoms with E-state index >= 15 is 0 Å². The number of hydrogen-bond donors (Lipinski definition) is 3. The minimum absolute atomic E-state index is 0.0307. The summed E-state index contributed by atoms with van der Waals surface area (Å²) in [5.41, 5.74) is -0.779. The van der Waals surface area contributed by atoms with Crippen molar-refractivity contribution in [3.8, 4) is 0 Å². The van der Waals surface area contributed by atoms with E-state index in [-0.39, 0.29) is 5.91 Å². The summed E-state index contributed by atoms with van der Waals surface area (Å²) in [5, 5.41) is 15.7. The fourth-order valence-corrected chi connectivity index (χ4v) is 1.64. The molecule has 1 fully saturated rings. The predicted octanol–water partition coefficient (Wildman–Crippen LogP) is 0.406. The molecule has 0 radical (unpaired) electrons. The molecule has 1 heterocycles. The molecular weight excluding hydrogens is 192 g/mol. The number of carbonyl (C=O) groups is 1. The van der Waals surface area contributed by atoms with Gasteiger partial charge in [0.25, 0.3) is 0 Å². The van der Waals surface area contributed by atoms with Crippen molar-refractivity contribution in [2.45, 2.75) is 51.2 Å². The highest BCUT2D eigenvalue weighted by Crippen LogP contribution is 2.09. The second-order valence-electron chi connectivity index (χ2n) is 4.62. The zero-order chi connectivity index (χ0) is 11.3. The lowest BCUT2D eigenvalue weighted by Gasteiger charge is -2.22. The highest BCUT2D eigenvalue weighted by Gasteiger charge is 2.21. The van der Waals surface area contributed by atoms with Crippen molar-refractivity contribution in [3.05, 3.63) is 0 Å². The zero-order valence-corrected chi connectivity index (χ0v) is 9.68. The molecule has 0 saturated carbocycles. The van der Waals surface area contributed by atoms with Gasteiger partial charge in [-0.3, -0.25) is 4.79 Å². The molecule has 2 unspecified atom stereocenters. The Labute approximate surface area is 91.4 Å². The highest BCUT2D eigenvalue weighted by atomic mass is 16.3. The Kier molecular flexibility index (Phi) is 4.54. The molecule has 2 atom stereocenters. The van der Waals surface area contributed by atoms with Gasteiger partial charge in [-0.05, 0) is 32.7 Å². The second-order valence-corrected chi connectivity index (χ2v) is 4.62. The van der Waals surface area contributed by atoms with E-state index < -0.39 is 5.60 Å². The summed E-state index contributed by atoms with van der Waals surface area (Å²) in [7, 11) is 0. The van der Waals surface area contributed by atoms with E-state index in [2.05, 4.69) is 10.6 Å². The van der Waals surface area contributed by atoms with Gasteiger partial charge >= 0.3 is 0 Å². The van der Waals surface area contributed by atoms with E-state index in [1.54, 1.807) is 6.92 Å². The fourth-order valence-electron chi connectivity index (χ4n) is 1.64. The predicted molar refractivity (Wildman–Crippen MR) is 59.6 cm³/mol. The van der Waals surface area contributed by atoms with Crippen molar-refractivity contribution in [2.24, 2.45) is 0 Å². The van der Waals surface area contributed by atoms with Gasteiger partial charge in [0.15, 0.2) is 0 Å². The smallest absolute Gasteiger partial charge is 0.221 e. The third kappa shape index (κ3) is 4.62. The summed E-state index contributed by atoms with van der Waals surface area (Å²) < 4.78 is 0. The van der Waals surface area contributed by atoms with Gasteiger partial charge in [-0.2, -0.15) is 0 Å². The van der Waals surface area contributed by atoms with Crippen molar-refractivity contribution in [2.75, 3.05) is 13.1 Å². The molecule has 0 aromatic rings. The largest absolute Gasteiger partial charge is 0.388 e. The molecule has 1 rings (SSSR count). The van der Waals surface area contributed by atoms with Crippen molar-refractivity contribution >= 4 is 5.91 Å².